The van der Waals surface area contributed by atoms with Gasteiger partial charge in [-0.2, -0.15) is 0 Å². The molecule has 6 N–H and O–H groups in total. The second-order valence-electron chi connectivity index (χ2n) is 30.0. The fraction of sp³-hybridized carbons (Fsp3) is 0.277. The third-order valence-corrected chi connectivity index (χ3v) is 17.7. The number of Topliss-reactive ketones (excluding diaryl/α,β-unsaturated/α-hetero) is 2. The van der Waals surface area contributed by atoms with Gasteiger partial charge in [-0.1, -0.05) is 97.1 Å². The zero-order valence-electron chi connectivity index (χ0n) is 67.5. The molecule has 0 unspecified atom stereocenters. The Hall–Kier alpha value is -12.8. The number of benzene rings is 3. The number of hydrogen-bond donors (Lipinski definition) is 4. The number of ether oxygens (including phenoxy) is 2. The van der Waals surface area contributed by atoms with Gasteiger partial charge in [-0.05, 0) is 223 Å². The smallest absolute Gasteiger partial charge is 0.407 e. The second-order valence-corrected chi connectivity index (χ2v) is 30.0. The third kappa shape index (κ3) is 34.0. The number of nitrogens with two attached hydrogens (primary N) is 2. The Bertz CT molecular complexity index is 4800. The molecule has 0 saturated heterocycles. The van der Waals surface area contributed by atoms with Crippen molar-refractivity contribution >= 4 is 35.3 Å². The highest BCUT2D eigenvalue weighted by molar-refractivity contribution is 5.98. The molecule has 0 aliphatic rings. The number of rotatable bonds is 34. The summed E-state index contributed by atoms with van der Waals surface area (Å²) in [6, 6.07) is 69.9. The number of nitrogen functional groups attached to an aromatic ring is 1. The first-order valence-electron chi connectivity index (χ1n) is 39.1. The van der Waals surface area contributed by atoms with Gasteiger partial charge in [0.05, 0.1) is 56.8 Å². The Morgan fingerprint density at radius 2 is 0.658 bits per heavy atom. The standard InChI is InChI=1S/C33H37N5O3.C28H29N5O.C19H18N4O2.C14H21NO2/c1-33(2,3)41-32(40)36-19-16-25-10-12-26(13-11-25)20-31(39)27-14-15-30(37-21-27)24-38(22-28-8-4-6-17-34-28)23-29-9-5-7-18-35-29;29-14-13-22-7-9-23(10-8-22)17-28(34)24-11-12-27(32-18-24)21-33(19-25-5-1-3-15-30-25)20-26-6-2-4-16-31-26;24-19(25)15-7-8-18(22-11-15)14-23(12-16-5-1-3-9-20-16)13-17-6-2-4-10-21-17;1-14(2,3)17-13(16)6-4-5-11-7-9-12(15)10-8-11/h4-15,17-18,21H,16,19-20,22-24H2,1-3H3,(H,36,40);1-12,15-16,18H,13-14,17,19-21,29H2;1-11H,12-14H2,(H,24,25);7-10H,4-6,15H2,1-3H3. The topological polar surface area (TPSA) is 314 Å². The van der Waals surface area contributed by atoms with Gasteiger partial charge in [-0.15, -0.1) is 0 Å². The number of nitrogens with zero attached hydrogens (tertiary/aromatic N) is 12. The molecule has 0 aliphatic heterocycles. The molecular formula is C94H105N15O8. The van der Waals surface area contributed by atoms with Crippen LogP contribution in [0.2, 0.25) is 0 Å². The molecule has 1 amide bonds. The van der Waals surface area contributed by atoms with E-state index in [-0.39, 0.29) is 23.1 Å². The van der Waals surface area contributed by atoms with Crippen molar-refractivity contribution in [3.63, 3.8) is 0 Å². The summed E-state index contributed by atoms with van der Waals surface area (Å²) in [5.41, 5.74) is 26.2. The molecule has 23 nitrogen and oxygen atoms in total. The number of esters is 1. The van der Waals surface area contributed by atoms with Gasteiger partial charge in [0.2, 0.25) is 0 Å². The van der Waals surface area contributed by atoms with Crippen molar-refractivity contribution in [1.29, 1.82) is 0 Å². The number of ketones is 2. The van der Waals surface area contributed by atoms with Crippen LogP contribution in [0.4, 0.5) is 10.5 Å². The molecule has 23 heteroatoms. The van der Waals surface area contributed by atoms with E-state index in [2.05, 4.69) is 64.9 Å². The number of carbonyl (C=O) groups excluding carboxylic acids is 4. The number of carbonyl (C=O) groups is 5. The molecule has 9 heterocycles. The van der Waals surface area contributed by atoms with Crippen LogP contribution in [-0.2, 0) is 105 Å². The highest BCUT2D eigenvalue weighted by atomic mass is 16.6. The van der Waals surface area contributed by atoms with Gasteiger partial charge in [-0.25, -0.2) is 9.59 Å². The summed E-state index contributed by atoms with van der Waals surface area (Å²) in [5.74, 6) is -1.03. The average molecular weight is 1570 g/mol. The van der Waals surface area contributed by atoms with Crippen molar-refractivity contribution in [2.45, 2.75) is 157 Å². The number of pyridine rings is 9. The molecule has 604 valence electrons. The first-order valence-corrected chi connectivity index (χ1v) is 39.1. The van der Waals surface area contributed by atoms with Gasteiger partial charge >= 0.3 is 18.0 Å². The van der Waals surface area contributed by atoms with Crippen molar-refractivity contribution in [3.05, 3.63) is 370 Å². The maximum atomic E-state index is 12.9. The Morgan fingerprint density at radius 1 is 0.359 bits per heavy atom. The van der Waals surface area contributed by atoms with Crippen LogP contribution in [-0.4, -0.2) is 119 Å². The van der Waals surface area contributed by atoms with E-state index in [1.807, 2.05) is 248 Å². The summed E-state index contributed by atoms with van der Waals surface area (Å²) < 4.78 is 10.5. The minimum Gasteiger partial charge on any atom is -0.478 e. The molecule has 3 aromatic carbocycles. The van der Waals surface area contributed by atoms with Crippen LogP contribution < -0.4 is 16.8 Å². The van der Waals surface area contributed by atoms with E-state index < -0.39 is 23.3 Å². The minimum atomic E-state index is -0.974. The average Bonchev–Trinajstić information content (AvgIpc) is 0.882. The van der Waals surface area contributed by atoms with Crippen molar-refractivity contribution in [2.24, 2.45) is 5.73 Å². The highest BCUT2D eigenvalue weighted by Gasteiger charge is 2.20. The van der Waals surface area contributed by atoms with Gasteiger partial charge in [0.15, 0.2) is 11.6 Å². The molecule has 0 fully saturated rings. The van der Waals surface area contributed by atoms with Crippen molar-refractivity contribution in [1.82, 2.24) is 64.9 Å². The SMILES string of the molecule is CC(C)(C)OC(=O)CCCc1ccc(N)cc1.CC(C)(C)OC(=O)NCCc1ccc(CC(=O)c2ccc(CN(Cc3ccccn3)Cc3ccccn3)nc2)cc1.NCCc1ccc(CC(=O)c2ccc(CN(Cc3ccccn3)Cc3ccccn3)nc2)cc1.O=C(O)c1ccc(CN(Cc2ccccn2)Cc2ccccn2)nc1. The Balaban J connectivity index is 0.000000186. The van der Waals surface area contributed by atoms with E-state index in [1.54, 1.807) is 61.7 Å². The van der Waals surface area contributed by atoms with Crippen molar-refractivity contribution < 1.29 is 38.6 Å². The number of hydrogen-bond acceptors (Lipinski definition) is 21. The molecule has 0 spiro atoms. The molecule has 12 aromatic rings. The van der Waals surface area contributed by atoms with Gasteiger partial charge < -0.3 is 31.4 Å². The number of aryl methyl sites for hydroxylation is 1. The van der Waals surface area contributed by atoms with Gasteiger partial charge in [0.25, 0.3) is 0 Å². The first-order chi connectivity index (χ1) is 56.5. The van der Waals surface area contributed by atoms with Crippen LogP contribution in [0.1, 0.15) is 165 Å². The molecule has 0 bridgehead atoms. The Kier molecular flexibility index (Phi) is 35.1. The Labute approximate surface area is 686 Å². The lowest BCUT2D eigenvalue weighted by Crippen LogP contribution is -2.33. The molecular weight excluding hydrogens is 1470 g/mol. The van der Waals surface area contributed by atoms with E-state index in [0.29, 0.717) is 109 Å². The zero-order valence-corrected chi connectivity index (χ0v) is 67.5. The summed E-state index contributed by atoms with van der Waals surface area (Å²) in [6.07, 6.45) is 19.4. The third-order valence-electron chi connectivity index (χ3n) is 17.7. The fourth-order valence-electron chi connectivity index (χ4n) is 12.1. The monoisotopic (exact) mass is 1570 g/mol. The van der Waals surface area contributed by atoms with Crippen LogP contribution in [0.5, 0.6) is 0 Å². The lowest BCUT2D eigenvalue weighted by molar-refractivity contribution is -0.154. The van der Waals surface area contributed by atoms with Crippen LogP contribution >= 0.6 is 0 Å². The summed E-state index contributed by atoms with van der Waals surface area (Å²) in [7, 11) is 0. The molecule has 0 radical (unpaired) electrons. The second kappa shape index (κ2) is 46.5. The molecule has 0 saturated carbocycles. The number of carboxylic acid groups (broad SMARTS) is 1. The van der Waals surface area contributed by atoms with E-state index in [4.69, 9.17) is 26.0 Å². The summed E-state index contributed by atoms with van der Waals surface area (Å²) >= 11 is 0. The maximum Gasteiger partial charge on any atom is 0.407 e. The molecule has 12 rings (SSSR count). The lowest BCUT2D eigenvalue weighted by atomic mass is 10.0. The largest absolute Gasteiger partial charge is 0.478 e. The van der Waals surface area contributed by atoms with Crippen LogP contribution in [0.15, 0.2) is 274 Å². The summed E-state index contributed by atoms with van der Waals surface area (Å²) in [5, 5.41) is 11.7. The van der Waals surface area contributed by atoms with Gasteiger partial charge in [0, 0.05) is 157 Å². The zero-order chi connectivity index (χ0) is 83.0. The van der Waals surface area contributed by atoms with Crippen LogP contribution in [0, 0.1) is 0 Å². The first kappa shape index (κ1) is 88.2. The number of aromatic nitrogens is 9. The summed E-state index contributed by atoms with van der Waals surface area (Å²) in [4.78, 5) is 107. The van der Waals surface area contributed by atoms with E-state index in [1.165, 1.54) is 17.3 Å². The molecule has 0 aliphatic carbocycles. The lowest BCUT2D eigenvalue weighted by Gasteiger charge is -2.21. The quantitative estimate of drug-likeness (QED) is 0.0165. The number of nitrogens with one attached hydrogen (secondary N) is 1. The molecule has 117 heavy (non-hydrogen) atoms. The number of aromatic carboxylic acids is 1. The van der Waals surface area contributed by atoms with Crippen LogP contribution in [0.3, 0.4) is 0 Å². The van der Waals surface area contributed by atoms with Crippen LogP contribution in [0.25, 0.3) is 0 Å². The minimum absolute atomic E-state index is 0.0159. The normalized spacial score (nSPS) is 11.1. The fourth-order valence-corrected chi connectivity index (χ4v) is 12.1. The molecule has 9 aromatic heterocycles. The number of anilines is 1. The predicted molar refractivity (Wildman–Crippen MR) is 453 cm³/mol. The van der Waals surface area contributed by atoms with E-state index in [9.17, 15) is 24.0 Å². The number of amides is 1. The predicted octanol–water partition coefficient (Wildman–Crippen LogP) is 15.3. The number of alkyl carbamates (subject to hydrolysis) is 1. The Morgan fingerprint density at radius 3 is 0.949 bits per heavy atom. The van der Waals surface area contributed by atoms with E-state index >= 15 is 0 Å². The molecule has 0 atom stereocenters. The number of carboxylic acids is 1. The summed E-state index contributed by atoms with van der Waals surface area (Å²) in [6.45, 7) is 18.0. The van der Waals surface area contributed by atoms with E-state index in [0.717, 1.165) is 92.9 Å². The van der Waals surface area contributed by atoms with Crippen molar-refractivity contribution in [3.8, 4) is 0 Å². The highest BCUT2D eigenvalue weighted by Crippen LogP contribution is 2.20. The maximum absolute atomic E-state index is 12.9. The van der Waals surface area contributed by atoms with Crippen molar-refractivity contribution in [2.75, 3.05) is 18.8 Å². The van der Waals surface area contributed by atoms with Gasteiger partial charge in [0.1, 0.15) is 11.2 Å². The van der Waals surface area contributed by atoms with Gasteiger partial charge in [-0.3, -0.25) is 73.9 Å².